The van der Waals surface area contributed by atoms with Crippen LogP contribution in [-0.4, -0.2) is 37.5 Å². The van der Waals surface area contributed by atoms with Crippen molar-refractivity contribution in [3.8, 4) is 6.07 Å². The first-order valence-electron chi connectivity index (χ1n) is 8.15. The van der Waals surface area contributed by atoms with Crippen molar-refractivity contribution in [2.75, 3.05) is 11.5 Å². The van der Waals surface area contributed by atoms with E-state index in [4.69, 9.17) is 0 Å². The fourth-order valence-corrected chi connectivity index (χ4v) is 4.74. The van der Waals surface area contributed by atoms with E-state index in [1.54, 1.807) is 0 Å². The first kappa shape index (κ1) is 17.1. The smallest absolute Gasteiger partial charge is 0.316 e. The van der Waals surface area contributed by atoms with Crippen molar-refractivity contribution >= 4 is 15.9 Å². The number of urea groups is 1. The molecule has 6 nitrogen and oxygen atoms in total. The highest BCUT2D eigenvalue weighted by Crippen LogP contribution is 2.26. The highest BCUT2D eigenvalue weighted by atomic mass is 32.2. The van der Waals surface area contributed by atoms with Gasteiger partial charge in [0.1, 0.15) is 15.4 Å². The second-order valence-corrected chi connectivity index (χ2v) is 8.79. The molecule has 0 atom stereocenters. The molecule has 1 aliphatic heterocycles. The molecule has 0 spiro atoms. The Kier molecular flexibility index (Phi) is 5.68. The Bertz CT molecular complexity index is 517. The molecule has 2 rings (SSSR count). The number of sulfone groups is 1. The van der Waals surface area contributed by atoms with Gasteiger partial charge in [0.2, 0.25) is 0 Å². The van der Waals surface area contributed by atoms with Gasteiger partial charge < -0.3 is 10.6 Å². The van der Waals surface area contributed by atoms with E-state index >= 15 is 0 Å². The molecule has 2 aliphatic rings. The third-order valence-electron chi connectivity index (χ3n) is 4.66. The van der Waals surface area contributed by atoms with E-state index < -0.39 is 15.4 Å². The lowest BCUT2D eigenvalue weighted by molar-refractivity contribution is 0.220. The number of carbonyl (C=O) groups excluding carboxylic acids is 1. The Labute approximate surface area is 132 Å². The molecule has 1 saturated carbocycles. The number of hydrogen-bond donors (Lipinski definition) is 2. The summed E-state index contributed by atoms with van der Waals surface area (Å²) in [6.45, 7) is 0. The first-order valence-corrected chi connectivity index (χ1v) is 9.97. The largest absolute Gasteiger partial charge is 0.335 e. The number of nitriles is 1. The van der Waals surface area contributed by atoms with Crippen molar-refractivity contribution < 1.29 is 13.2 Å². The molecule has 7 heteroatoms. The minimum absolute atomic E-state index is 0.118. The van der Waals surface area contributed by atoms with Crippen molar-refractivity contribution in [3.05, 3.63) is 0 Å². The lowest BCUT2D eigenvalue weighted by Crippen LogP contribution is -2.54. The Morgan fingerprint density at radius 2 is 1.59 bits per heavy atom. The normalized spacial score (nSPS) is 25.2. The molecule has 2 fully saturated rings. The summed E-state index contributed by atoms with van der Waals surface area (Å²) in [7, 11) is -2.93. The zero-order chi connectivity index (χ0) is 16.1. The van der Waals surface area contributed by atoms with Crippen LogP contribution in [0.1, 0.15) is 57.8 Å². The Hall–Kier alpha value is -1.29. The van der Waals surface area contributed by atoms with Gasteiger partial charge in [-0.2, -0.15) is 5.26 Å². The highest BCUT2D eigenvalue weighted by molar-refractivity contribution is 7.91. The average molecular weight is 327 g/mol. The van der Waals surface area contributed by atoms with Crippen LogP contribution < -0.4 is 10.6 Å². The molecule has 1 aliphatic carbocycles. The summed E-state index contributed by atoms with van der Waals surface area (Å²) >= 11 is 0. The molecule has 1 saturated heterocycles. The molecule has 124 valence electrons. The summed E-state index contributed by atoms with van der Waals surface area (Å²) in [5.41, 5.74) is -0.773. The lowest BCUT2D eigenvalue weighted by atomic mass is 9.85. The van der Waals surface area contributed by atoms with Crippen LogP contribution >= 0.6 is 0 Å². The topological polar surface area (TPSA) is 99.1 Å². The van der Waals surface area contributed by atoms with Crippen LogP contribution in [0, 0.1) is 11.3 Å². The molecule has 0 bridgehead atoms. The standard InChI is InChI=1S/C15H25N3O3S/c16-12-15(8-4-2-1-3-5-9-15)18-14(19)17-13-6-10-22(20,21)11-7-13/h13H,1-11H2,(H2,17,18,19). The predicted octanol–water partition coefficient (Wildman–Crippen LogP) is 1.87. The quantitative estimate of drug-likeness (QED) is 0.808. The maximum Gasteiger partial charge on any atom is 0.316 e. The minimum atomic E-state index is -2.93. The molecule has 0 aromatic heterocycles. The van der Waals surface area contributed by atoms with E-state index in [0.29, 0.717) is 25.7 Å². The first-order chi connectivity index (χ1) is 10.4. The summed E-state index contributed by atoms with van der Waals surface area (Å²) in [5.74, 6) is 0.253. The second-order valence-electron chi connectivity index (χ2n) is 6.49. The van der Waals surface area contributed by atoms with Crippen molar-refractivity contribution in [3.63, 3.8) is 0 Å². The van der Waals surface area contributed by atoms with Gasteiger partial charge in [-0.15, -0.1) is 0 Å². The molecular weight excluding hydrogens is 302 g/mol. The molecule has 0 aromatic rings. The third-order valence-corrected chi connectivity index (χ3v) is 6.38. The average Bonchev–Trinajstić information content (AvgIpc) is 2.44. The van der Waals surface area contributed by atoms with Crippen molar-refractivity contribution in [1.82, 2.24) is 10.6 Å². The van der Waals surface area contributed by atoms with Crippen molar-refractivity contribution in [2.24, 2.45) is 0 Å². The van der Waals surface area contributed by atoms with E-state index in [2.05, 4.69) is 16.7 Å². The Balaban J connectivity index is 1.88. The van der Waals surface area contributed by atoms with Crippen LogP contribution in [0.3, 0.4) is 0 Å². The van der Waals surface area contributed by atoms with Crippen molar-refractivity contribution in [1.29, 1.82) is 5.26 Å². The third kappa shape index (κ3) is 4.87. The number of nitrogens with one attached hydrogen (secondary N) is 2. The van der Waals surface area contributed by atoms with Gasteiger partial charge in [0.15, 0.2) is 0 Å². The van der Waals surface area contributed by atoms with E-state index in [9.17, 15) is 18.5 Å². The molecular formula is C15H25N3O3S. The zero-order valence-corrected chi connectivity index (χ0v) is 13.8. The minimum Gasteiger partial charge on any atom is -0.335 e. The monoisotopic (exact) mass is 327 g/mol. The molecule has 22 heavy (non-hydrogen) atoms. The summed E-state index contributed by atoms with van der Waals surface area (Å²) in [6.07, 6.45) is 7.60. The molecule has 0 radical (unpaired) electrons. The van der Waals surface area contributed by atoms with E-state index in [0.717, 1.165) is 25.7 Å². The summed E-state index contributed by atoms with van der Waals surface area (Å²) in [4.78, 5) is 12.2. The Morgan fingerprint density at radius 1 is 1.05 bits per heavy atom. The van der Waals surface area contributed by atoms with Gasteiger partial charge in [0.05, 0.1) is 17.6 Å². The van der Waals surface area contributed by atoms with Gasteiger partial charge >= 0.3 is 6.03 Å². The molecule has 0 unspecified atom stereocenters. The molecule has 2 amide bonds. The van der Waals surface area contributed by atoms with Gasteiger partial charge in [-0.05, 0) is 25.7 Å². The van der Waals surface area contributed by atoms with E-state index in [-0.39, 0.29) is 23.6 Å². The molecule has 1 heterocycles. The number of rotatable bonds is 2. The van der Waals surface area contributed by atoms with E-state index in [1.165, 1.54) is 6.42 Å². The van der Waals surface area contributed by atoms with Gasteiger partial charge in [0, 0.05) is 6.04 Å². The van der Waals surface area contributed by atoms with E-state index in [1.807, 2.05) is 0 Å². The number of nitrogens with zero attached hydrogens (tertiary/aromatic N) is 1. The predicted molar refractivity (Wildman–Crippen MR) is 84.0 cm³/mol. The SMILES string of the molecule is N#CC1(NC(=O)NC2CCS(=O)(=O)CC2)CCCCCCC1. The summed E-state index contributed by atoms with van der Waals surface area (Å²) < 4.78 is 22.8. The van der Waals surface area contributed by atoms with Gasteiger partial charge in [-0.25, -0.2) is 13.2 Å². The maximum atomic E-state index is 12.2. The van der Waals surface area contributed by atoms with Crippen LogP contribution in [0.5, 0.6) is 0 Å². The fraction of sp³-hybridized carbons (Fsp3) is 0.867. The van der Waals surface area contributed by atoms with Gasteiger partial charge in [0.25, 0.3) is 0 Å². The summed E-state index contributed by atoms with van der Waals surface area (Å²) in [6, 6.07) is 1.84. The number of hydrogen-bond acceptors (Lipinski definition) is 4. The van der Waals surface area contributed by atoms with Gasteiger partial charge in [-0.3, -0.25) is 0 Å². The zero-order valence-electron chi connectivity index (χ0n) is 12.9. The summed E-state index contributed by atoms with van der Waals surface area (Å²) in [5, 5.41) is 15.2. The molecule has 2 N–H and O–H groups in total. The fourth-order valence-electron chi connectivity index (χ4n) is 3.25. The molecule has 0 aromatic carbocycles. The second kappa shape index (κ2) is 7.32. The Morgan fingerprint density at radius 3 is 2.14 bits per heavy atom. The van der Waals surface area contributed by atoms with Crippen LogP contribution in [0.15, 0.2) is 0 Å². The van der Waals surface area contributed by atoms with Crippen LogP contribution in [0.25, 0.3) is 0 Å². The lowest BCUT2D eigenvalue weighted by Gasteiger charge is -2.31. The number of amides is 2. The van der Waals surface area contributed by atoms with Gasteiger partial charge in [-0.1, -0.05) is 32.1 Å². The van der Waals surface area contributed by atoms with Crippen LogP contribution in [-0.2, 0) is 9.84 Å². The van der Waals surface area contributed by atoms with Crippen LogP contribution in [0.2, 0.25) is 0 Å². The number of carbonyl (C=O) groups is 1. The van der Waals surface area contributed by atoms with Crippen molar-refractivity contribution in [2.45, 2.75) is 69.4 Å². The maximum absolute atomic E-state index is 12.2. The highest BCUT2D eigenvalue weighted by Gasteiger charge is 2.33. The van der Waals surface area contributed by atoms with Crippen LogP contribution in [0.4, 0.5) is 4.79 Å².